The third-order valence-electron chi connectivity index (χ3n) is 4.49. The first-order chi connectivity index (χ1) is 12.8. The van der Waals surface area contributed by atoms with Crippen molar-refractivity contribution in [3.63, 3.8) is 0 Å². The van der Waals surface area contributed by atoms with Gasteiger partial charge >= 0.3 is 6.03 Å². The third kappa shape index (κ3) is 3.90. The fourth-order valence-corrected chi connectivity index (χ4v) is 3.67. The minimum atomic E-state index is -0.645. The van der Waals surface area contributed by atoms with Gasteiger partial charge < -0.3 is 5.32 Å². The van der Waals surface area contributed by atoms with Crippen LogP contribution in [-0.4, -0.2) is 21.5 Å². The number of hydrogen-bond donors (Lipinski definition) is 2. The highest BCUT2D eigenvalue weighted by Crippen LogP contribution is 2.25. The van der Waals surface area contributed by atoms with Crippen LogP contribution in [0.1, 0.15) is 21.6 Å². The predicted molar refractivity (Wildman–Crippen MR) is 106 cm³/mol. The molecule has 0 atom stereocenters. The van der Waals surface area contributed by atoms with Gasteiger partial charge in [-0.25, -0.2) is 9.78 Å². The molecule has 2 heterocycles. The number of aromatic nitrogens is 2. The number of benzene rings is 1. The molecule has 0 fully saturated rings. The normalized spacial score (nSPS) is 10.8. The van der Waals surface area contributed by atoms with Gasteiger partial charge in [0.15, 0.2) is 0 Å². The number of aryl methyl sites for hydroxylation is 4. The van der Waals surface area contributed by atoms with Crippen molar-refractivity contribution < 1.29 is 9.59 Å². The smallest absolute Gasteiger partial charge is 0.308 e. The average molecular weight is 384 g/mol. The molecule has 0 bridgehead atoms. The monoisotopic (exact) mass is 384 g/mol. The molecule has 0 radical (unpaired) electrons. The van der Waals surface area contributed by atoms with Gasteiger partial charge in [-0.15, -0.1) is 11.3 Å². The van der Waals surface area contributed by atoms with Gasteiger partial charge in [0, 0.05) is 10.6 Å². The van der Waals surface area contributed by atoms with Crippen molar-refractivity contribution in [2.45, 2.75) is 34.2 Å². The standard InChI is InChI=1S/C19H20N4O3S/c1-10-5-6-14(7-11(10)2)21-19(26)22-15(24)8-23-9-20-17-16(18(23)25)12(3)13(4)27-17/h5-7,9H,8H2,1-4H3,(H2,21,22,24,26). The van der Waals surface area contributed by atoms with Crippen LogP contribution in [0, 0.1) is 27.7 Å². The Morgan fingerprint density at radius 2 is 1.89 bits per heavy atom. The van der Waals surface area contributed by atoms with E-state index in [1.54, 1.807) is 6.07 Å². The Hall–Kier alpha value is -3.00. The van der Waals surface area contributed by atoms with E-state index in [9.17, 15) is 14.4 Å². The molecule has 0 aliphatic rings. The quantitative estimate of drug-likeness (QED) is 0.726. The Balaban J connectivity index is 1.70. The summed E-state index contributed by atoms with van der Waals surface area (Å²) < 4.78 is 1.21. The van der Waals surface area contributed by atoms with Crippen LogP contribution in [-0.2, 0) is 11.3 Å². The molecule has 27 heavy (non-hydrogen) atoms. The topological polar surface area (TPSA) is 93.1 Å². The number of anilines is 1. The van der Waals surface area contributed by atoms with Gasteiger partial charge in [0.25, 0.3) is 5.56 Å². The highest BCUT2D eigenvalue weighted by atomic mass is 32.1. The van der Waals surface area contributed by atoms with Crippen molar-refractivity contribution in [3.8, 4) is 0 Å². The lowest BCUT2D eigenvalue weighted by molar-refractivity contribution is -0.120. The fraction of sp³-hybridized carbons (Fsp3) is 0.263. The maximum absolute atomic E-state index is 12.6. The van der Waals surface area contributed by atoms with Crippen molar-refractivity contribution in [2.24, 2.45) is 0 Å². The molecule has 2 aromatic heterocycles. The van der Waals surface area contributed by atoms with Gasteiger partial charge in [-0.2, -0.15) is 0 Å². The van der Waals surface area contributed by atoms with E-state index in [1.807, 2.05) is 39.8 Å². The van der Waals surface area contributed by atoms with Crippen molar-refractivity contribution in [3.05, 3.63) is 56.4 Å². The molecular weight excluding hydrogens is 364 g/mol. The van der Waals surface area contributed by atoms with E-state index in [4.69, 9.17) is 0 Å². The van der Waals surface area contributed by atoms with E-state index < -0.39 is 11.9 Å². The van der Waals surface area contributed by atoms with Crippen LogP contribution in [0.25, 0.3) is 10.2 Å². The van der Waals surface area contributed by atoms with Crippen LogP contribution in [0.3, 0.4) is 0 Å². The lowest BCUT2D eigenvalue weighted by Gasteiger charge is -2.09. The van der Waals surface area contributed by atoms with E-state index in [2.05, 4.69) is 15.6 Å². The van der Waals surface area contributed by atoms with Gasteiger partial charge in [0.05, 0.1) is 11.7 Å². The molecule has 1 aromatic carbocycles. The van der Waals surface area contributed by atoms with Crippen molar-refractivity contribution in [2.75, 3.05) is 5.32 Å². The third-order valence-corrected chi connectivity index (χ3v) is 5.60. The second-order valence-electron chi connectivity index (χ2n) is 6.44. The Bertz CT molecular complexity index is 1110. The van der Waals surface area contributed by atoms with Crippen LogP contribution in [0.2, 0.25) is 0 Å². The van der Waals surface area contributed by atoms with Gasteiger partial charge in [-0.05, 0) is 56.5 Å². The number of amides is 3. The zero-order valence-electron chi connectivity index (χ0n) is 15.5. The lowest BCUT2D eigenvalue weighted by Crippen LogP contribution is -2.38. The molecule has 0 aliphatic carbocycles. The fourth-order valence-electron chi connectivity index (χ4n) is 2.68. The summed E-state index contributed by atoms with van der Waals surface area (Å²) in [7, 11) is 0. The zero-order chi connectivity index (χ0) is 19.7. The molecule has 0 aliphatic heterocycles. The largest absolute Gasteiger partial charge is 0.325 e. The van der Waals surface area contributed by atoms with Gasteiger partial charge in [0.2, 0.25) is 5.91 Å². The molecular formula is C19H20N4O3S. The summed E-state index contributed by atoms with van der Waals surface area (Å²) in [6.07, 6.45) is 1.33. The van der Waals surface area contributed by atoms with E-state index in [1.165, 1.54) is 22.2 Å². The lowest BCUT2D eigenvalue weighted by atomic mass is 10.1. The first-order valence-electron chi connectivity index (χ1n) is 8.39. The first-order valence-corrected chi connectivity index (χ1v) is 9.21. The van der Waals surface area contributed by atoms with Crippen molar-refractivity contribution >= 4 is 39.2 Å². The number of imide groups is 1. The molecule has 140 valence electrons. The predicted octanol–water partition coefficient (Wildman–Crippen LogP) is 3.04. The molecule has 0 saturated heterocycles. The Kier molecular flexibility index (Phi) is 5.09. The van der Waals surface area contributed by atoms with Crippen molar-refractivity contribution in [1.29, 1.82) is 0 Å². The number of nitrogens with zero attached hydrogens (tertiary/aromatic N) is 2. The van der Waals surface area contributed by atoms with Gasteiger partial charge in [-0.1, -0.05) is 6.07 Å². The minimum Gasteiger partial charge on any atom is -0.308 e. The summed E-state index contributed by atoms with van der Waals surface area (Å²) in [6, 6.07) is 4.82. The summed E-state index contributed by atoms with van der Waals surface area (Å²) in [5.74, 6) is -0.593. The average Bonchev–Trinajstić information content (AvgIpc) is 2.88. The summed E-state index contributed by atoms with van der Waals surface area (Å²) in [5.41, 5.74) is 3.32. The summed E-state index contributed by atoms with van der Waals surface area (Å²) >= 11 is 1.45. The Morgan fingerprint density at radius 3 is 2.59 bits per heavy atom. The number of carbonyl (C=O) groups excluding carboxylic acids is 2. The van der Waals surface area contributed by atoms with Crippen LogP contribution >= 0.6 is 11.3 Å². The van der Waals surface area contributed by atoms with Crippen LogP contribution < -0.4 is 16.2 Å². The summed E-state index contributed by atoms with van der Waals surface area (Å²) in [5, 5.41) is 5.36. The molecule has 8 heteroatoms. The van der Waals surface area contributed by atoms with Crippen LogP contribution in [0.4, 0.5) is 10.5 Å². The molecule has 3 amide bonds. The van der Waals surface area contributed by atoms with E-state index in [-0.39, 0.29) is 12.1 Å². The number of thiophene rings is 1. The number of fused-ring (bicyclic) bond motifs is 1. The molecule has 3 rings (SSSR count). The Labute approximate surface area is 160 Å². The molecule has 2 N–H and O–H groups in total. The minimum absolute atomic E-state index is 0.281. The molecule has 7 nitrogen and oxygen atoms in total. The van der Waals surface area contributed by atoms with E-state index in [0.29, 0.717) is 15.9 Å². The number of nitrogens with one attached hydrogen (secondary N) is 2. The highest BCUT2D eigenvalue weighted by molar-refractivity contribution is 7.18. The second-order valence-corrected chi connectivity index (χ2v) is 7.65. The SMILES string of the molecule is Cc1ccc(NC(=O)NC(=O)Cn2cnc3sc(C)c(C)c3c2=O)cc1C. The number of urea groups is 1. The molecule has 0 spiro atoms. The molecule has 3 aromatic rings. The Morgan fingerprint density at radius 1 is 1.15 bits per heavy atom. The maximum Gasteiger partial charge on any atom is 0.325 e. The second kappa shape index (κ2) is 7.32. The van der Waals surface area contributed by atoms with Crippen molar-refractivity contribution in [1.82, 2.24) is 14.9 Å². The van der Waals surface area contributed by atoms with E-state index >= 15 is 0 Å². The van der Waals surface area contributed by atoms with Crippen LogP contribution in [0.5, 0.6) is 0 Å². The number of hydrogen-bond acceptors (Lipinski definition) is 5. The van der Waals surface area contributed by atoms with E-state index in [0.717, 1.165) is 21.6 Å². The number of rotatable bonds is 3. The van der Waals surface area contributed by atoms with Gasteiger partial charge in [-0.3, -0.25) is 19.5 Å². The highest BCUT2D eigenvalue weighted by Gasteiger charge is 2.15. The number of carbonyl (C=O) groups is 2. The van der Waals surface area contributed by atoms with Gasteiger partial charge in [0.1, 0.15) is 11.4 Å². The molecule has 0 saturated carbocycles. The zero-order valence-corrected chi connectivity index (χ0v) is 16.4. The first kappa shape index (κ1) is 18.8. The maximum atomic E-state index is 12.6. The molecule has 0 unspecified atom stereocenters. The van der Waals surface area contributed by atoms with Crippen LogP contribution in [0.15, 0.2) is 29.3 Å². The summed E-state index contributed by atoms with van der Waals surface area (Å²) in [6.45, 7) is 7.42. The summed E-state index contributed by atoms with van der Waals surface area (Å²) in [4.78, 5) is 42.7.